The molecule has 1 aliphatic carbocycles. The summed E-state index contributed by atoms with van der Waals surface area (Å²) in [5, 5.41) is 37.5. The lowest BCUT2D eigenvalue weighted by molar-refractivity contribution is -0.141. The Balaban J connectivity index is 0.582. The summed E-state index contributed by atoms with van der Waals surface area (Å²) in [6.45, 7) is 14.3. The second kappa shape index (κ2) is 23.5. The molecular formula is C61H76N12O7S. The number of para-hydroxylation sites is 1. The third kappa shape index (κ3) is 11.8. The largest absolute Gasteiger partial charge is 0.507 e. The minimum atomic E-state index is -0.807. The van der Waals surface area contributed by atoms with E-state index in [-0.39, 0.29) is 60.8 Å². The number of aromatic hydroxyl groups is 1. The molecule has 1 saturated carbocycles. The Bertz CT molecular complexity index is 3150. The first-order valence-corrected chi connectivity index (χ1v) is 30.1. The van der Waals surface area contributed by atoms with Crippen molar-refractivity contribution in [1.82, 2.24) is 40.4 Å². The molecule has 7 atom stereocenters. The zero-order valence-electron chi connectivity index (χ0n) is 46.8. The van der Waals surface area contributed by atoms with Gasteiger partial charge < -0.3 is 59.8 Å². The maximum Gasteiger partial charge on any atom is 0.243 e. The summed E-state index contributed by atoms with van der Waals surface area (Å²) in [5.74, 6) is 1.58. The molecule has 2 amide bonds. The van der Waals surface area contributed by atoms with Crippen LogP contribution in [0.25, 0.3) is 21.7 Å². The highest BCUT2D eigenvalue weighted by molar-refractivity contribution is 7.13. The Labute approximate surface area is 477 Å². The first-order valence-electron chi connectivity index (χ1n) is 29.2. The number of ether oxygens (including phenoxy) is 2. The zero-order valence-corrected chi connectivity index (χ0v) is 47.7. The average Bonchev–Trinajstić information content (AvgIpc) is 4.31. The molecule has 6 aromatic rings. The topological polar surface area (TPSA) is 225 Å². The number of carbonyl (C=O) groups is 2. The fourth-order valence-electron chi connectivity index (χ4n) is 13.5. The van der Waals surface area contributed by atoms with Gasteiger partial charge in [-0.1, -0.05) is 55.4 Å². The number of fused-ring (bicyclic) bond motifs is 2. The highest BCUT2D eigenvalue weighted by atomic mass is 32.1. The monoisotopic (exact) mass is 1120 g/mol. The van der Waals surface area contributed by atoms with E-state index in [1.165, 1.54) is 0 Å². The number of nitrogen functional groups attached to an aromatic ring is 1. The van der Waals surface area contributed by atoms with Crippen molar-refractivity contribution in [3.63, 3.8) is 0 Å². The summed E-state index contributed by atoms with van der Waals surface area (Å²) in [5.41, 5.74) is 14.5. The molecule has 428 valence electrons. The molecule has 6 fully saturated rings. The Hall–Kier alpha value is -6.87. The first-order chi connectivity index (χ1) is 39.3. The second-order valence-corrected chi connectivity index (χ2v) is 24.7. The van der Waals surface area contributed by atoms with Gasteiger partial charge in [0.25, 0.3) is 0 Å². The van der Waals surface area contributed by atoms with Gasteiger partial charge in [0.15, 0.2) is 17.4 Å². The van der Waals surface area contributed by atoms with E-state index in [1.807, 2.05) is 87.9 Å². The number of anilines is 4. The molecule has 81 heavy (non-hydrogen) atoms. The van der Waals surface area contributed by atoms with Crippen LogP contribution in [0, 0.1) is 18.8 Å². The van der Waals surface area contributed by atoms with Gasteiger partial charge >= 0.3 is 0 Å². The Morgan fingerprint density at radius 1 is 0.852 bits per heavy atom. The number of nitrogens with one attached hydrogen (secondary N) is 1. The lowest BCUT2D eigenvalue weighted by Crippen LogP contribution is -2.54. The van der Waals surface area contributed by atoms with E-state index in [0.717, 1.165) is 136 Å². The van der Waals surface area contributed by atoms with E-state index >= 15 is 0 Å². The average molecular weight is 1120 g/mol. The number of hydrogen-bond donors (Lipinski definition) is 4. The number of phenolic OH excluding ortho intramolecular Hbond substituents is 1. The van der Waals surface area contributed by atoms with Crippen LogP contribution in [0.1, 0.15) is 108 Å². The maximum atomic E-state index is 14.5. The molecule has 20 heteroatoms. The van der Waals surface area contributed by atoms with Crippen LogP contribution >= 0.6 is 11.3 Å². The summed E-state index contributed by atoms with van der Waals surface area (Å²) in [4.78, 5) is 49.7. The molecule has 1 unspecified atom stereocenters. The first kappa shape index (κ1) is 54.7. The third-order valence-corrected chi connectivity index (χ3v) is 18.8. The number of piperazine rings is 1. The van der Waals surface area contributed by atoms with Crippen molar-refractivity contribution in [2.24, 2.45) is 11.8 Å². The number of carbonyl (C=O) groups excluding carboxylic acids is 2. The highest BCUT2D eigenvalue weighted by Gasteiger charge is 2.45. The summed E-state index contributed by atoms with van der Waals surface area (Å²) < 4.78 is 19.1. The van der Waals surface area contributed by atoms with Gasteiger partial charge in [-0.3, -0.25) is 9.59 Å². The van der Waals surface area contributed by atoms with Gasteiger partial charge in [0.05, 0.1) is 51.8 Å². The maximum absolute atomic E-state index is 14.5. The number of thiazole rings is 1. The molecule has 12 rings (SSSR count). The quantitative estimate of drug-likeness (QED) is 0.0679. The molecule has 5 N–H and O–H groups in total. The lowest BCUT2D eigenvalue weighted by atomic mass is 9.91. The normalized spacial score (nSPS) is 25.0. The lowest BCUT2D eigenvalue weighted by Gasteiger charge is -2.43. The number of nitrogens with two attached hydrogens (primary N) is 1. The number of aromatic nitrogens is 5. The van der Waals surface area contributed by atoms with Gasteiger partial charge in [-0.2, -0.15) is 0 Å². The molecule has 0 radical (unpaired) electrons. The predicted molar refractivity (Wildman–Crippen MR) is 311 cm³/mol. The number of rotatable bonds is 17. The van der Waals surface area contributed by atoms with E-state index < -0.39 is 18.1 Å². The summed E-state index contributed by atoms with van der Waals surface area (Å²) >= 11 is 1.60. The van der Waals surface area contributed by atoms with Gasteiger partial charge in [-0.15, -0.1) is 21.5 Å². The van der Waals surface area contributed by atoms with E-state index in [1.54, 1.807) is 28.4 Å². The molecule has 4 aromatic heterocycles. The number of aliphatic hydroxyl groups is 1. The molecule has 2 aromatic carbocycles. The van der Waals surface area contributed by atoms with E-state index in [2.05, 4.69) is 62.4 Å². The molecule has 6 aliphatic rings. The van der Waals surface area contributed by atoms with Gasteiger partial charge in [-0.25, -0.2) is 9.97 Å². The Morgan fingerprint density at radius 2 is 1.63 bits per heavy atom. The molecular weight excluding hydrogens is 1040 g/mol. The number of phenols is 1. The standard InChI is InChI=1S/C61H76N12O7S/c1-36(2)57(61(77)72-34-45(74)25-52(72)60(76)65-37(3)40-11-13-41(14-12-40)58-38(4)64-35-81-58)54-29-55(68-80-54)70-21-7-8-39(31-70)30-69-22-18-46(19-23-69)78-47-26-48(27-47)79-56-24-42(17-20-63-56)73-43-15-16-44(73)33-71(32-43)51-28-50(66-67-59(51)62)49-9-5-6-10-53(49)75/h5-6,9-14,17,20,24,28-29,35-37,39,43-48,52,57,74-75H,7-8,15-16,18-19,21-23,25-27,30-34H2,1-4H3,(H2,62,67)(H,65,76)/t37-,39-,43+,44?,45+,47?,48?,52-,57+/m0/s1. The minimum absolute atomic E-state index is 0.0766. The van der Waals surface area contributed by atoms with Crippen molar-refractivity contribution in [2.45, 2.75) is 140 Å². The molecule has 19 nitrogen and oxygen atoms in total. The Kier molecular flexibility index (Phi) is 15.9. The highest BCUT2D eigenvalue weighted by Crippen LogP contribution is 2.41. The SMILES string of the molecule is Cc1ncsc1-c1ccc([C@H](C)NC(=O)[C@@H]2C[C@@H](O)CN2C(=O)[C@@H](c2cc(N3CCC[C@@H](CN4CCC(OC5CC(Oc6cc(N7C8CC[C@@H]7CN(c7cc(-c9ccccc9O)nnc7N)C8)ccn6)C5)CC4)C3)no2)C(C)C)cc1. The Morgan fingerprint density at radius 3 is 2.37 bits per heavy atom. The van der Waals surface area contributed by atoms with Crippen molar-refractivity contribution < 1.29 is 33.8 Å². The molecule has 9 heterocycles. The number of β-amino-alcohol motifs (C(OH)–C–C–N with tert-alkyl or cyclic N) is 1. The van der Waals surface area contributed by atoms with Gasteiger partial charge in [0, 0.05) is 113 Å². The molecule has 5 aliphatic heterocycles. The van der Waals surface area contributed by atoms with Crippen molar-refractivity contribution >= 4 is 46.2 Å². The van der Waals surface area contributed by atoms with Crippen LogP contribution in [0.4, 0.5) is 23.0 Å². The molecule has 5 saturated heterocycles. The van der Waals surface area contributed by atoms with Crippen LogP contribution in [0.2, 0.25) is 0 Å². The number of piperidine rings is 2. The number of nitrogens with zero attached hydrogens (tertiary/aromatic N) is 10. The van der Waals surface area contributed by atoms with Crippen molar-refractivity contribution in [1.29, 1.82) is 0 Å². The number of aliphatic hydroxyl groups excluding tert-OH is 1. The van der Waals surface area contributed by atoms with Crippen LogP contribution in [0.5, 0.6) is 11.6 Å². The van der Waals surface area contributed by atoms with Gasteiger partial charge in [-0.05, 0) is 99.6 Å². The van der Waals surface area contributed by atoms with E-state index in [4.69, 9.17) is 19.7 Å². The van der Waals surface area contributed by atoms with Crippen LogP contribution in [-0.4, -0.2) is 152 Å². The van der Waals surface area contributed by atoms with Gasteiger partial charge in [0.1, 0.15) is 23.8 Å². The molecule has 0 spiro atoms. The van der Waals surface area contributed by atoms with Crippen LogP contribution < -0.4 is 30.5 Å². The zero-order chi connectivity index (χ0) is 55.9. The smallest absolute Gasteiger partial charge is 0.243 e. The summed E-state index contributed by atoms with van der Waals surface area (Å²) in [6, 6.07) is 22.8. The number of aryl methyl sites for hydroxylation is 1. The van der Waals surface area contributed by atoms with E-state index in [9.17, 15) is 19.8 Å². The van der Waals surface area contributed by atoms with Crippen LogP contribution in [0.15, 0.2) is 89.0 Å². The second-order valence-electron chi connectivity index (χ2n) is 23.8. The summed E-state index contributed by atoms with van der Waals surface area (Å²) in [6.07, 6.45) is 9.81. The number of benzene rings is 2. The fraction of sp³-hybridized carbons (Fsp3) is 0.525. The summed E-state index contributed by atoms with van der Waals surface area (Å²) in [7, 11) is 0. The third-order valence-electron chi connectivity index (χ3n) is 17.8. The van der Waals surface area contributed by atoms with Crippen LogP contribution in [-0.2, 0) is 14.3 Å². The minimum Gasteiger partial charge on any atom is -0.507 e. The number of hydrogen-bond acceptors (Lipinski definition) is 18. The predicted octanol–water partition coefficient (Wildman–Crippen LogP) is 7.99. The van der Waals surface area contributed by atoms with Gasteiger partial charge in [0.2, 0.25) is 17.7 Å². The van der Waals surface area contributed by atoms with Crippen LogP contribution in [0.3, 0.4) is 0 Å². The van der Waals surface area contributed by atoms with Crippen molar-refractivity contribution in [2.75, 3.05) is 72.8 Å². The number of amides is 2. The van der Waals surface area contributed by atoms with E-state index in [0.29, 0.717) is 46.7 Å². The number of pyridine rings is 1. The van der Waals surface area contributed by atoms with Crippen molar-refractivity contribution in [3.8, 4) is 33.3 Å². The fourth-order valence-corrected chi connectivity index (χ4v) is 14.3. The molecule has 2 bridgehead atoms. The van der Waals surface area contributed by atoms with Crippen molar-refractivity contribution in [3.05, 3.63) is 102 Å². The number of likely N-dealkylation sites (tertiary alicyclic amines) is 2.